The molecule has 13 heterocycles. The Morgan fingerprint density at radius 2 is 0.657 bits per heavy atom. The number of aliphatic hydroxyl groups excluding tert-OH is 1. The van der Waals surface area contributed by atoms with Gasteiger partial charge in [0.1, 0.15) is 78.7 Å². The van der Waals surface area contributed by atoms with Crippen molar-refractivity contribution >= 4 is 85.1 Å². The molecule has 0 bridgehead atoms. The van der Waals surface area contributed by atoms with E-state index in [1.807, 2.05) is 202 Å². The second kappa shape index (κ2) is 41.9. The van der Waals surface area contributed by atoms with Crippen LogP contribution in [0.1, 0.15) is 44.9 Å². The molecule has 13 aromatic heterocycles. The van der Waals surface area contributed by atoms with E-state index < -0.39 is 0 Å². The number of nitrogen functional groups attached to an aromatic ring is 5. The zero-order chi connectivity index (χ0) is 71.0. The Morgan fingerprint density at radius 3 is 0.990 bits per heavy atom. The largest absolute Gasteiger partial charge is 0.394 e. The molecule has 0 fully saturated rings. The van der Waals surface area contributed by atoms with Crippen molar-refractivity contribution in [1.82, 2.24) is 61.8 Å². The summed E-state index contributed by atoms with van der Waals surface area (Å²) in [7, 11) is 17.4. The van der Waals surface area contributed by atoms with Crippen LogP contribution < -0.4 is 69.0 Å². The Hall–Kier alpha value is -11.0. The van der Waals surface area contributed by atoms with E-state index >= 15 is 0 Å². The average Bonchev–Trinajstić information content (AvgIpc) is 1.70. The molecular formula is C76H122N28O. The highest BCUT2D eigenvalue weighted by Crippen LogP contribution is 2.27. The van der Waals surface area contributed by atoms with Crippen LogP contribution in [-0.2, 0) is 40.3 Å². The van der Waals surface area contributed by atoms with Gasteiger partial charge >= 0.3 is 0 Å². The van der Waals surface area contributed by atoms with Gasteiger partial charge in [-0.2, -0.15) is 0 Å². The third kappa shape index (κ3) is 25.7. The van der Waals surface area contributed by atoms with Crippen molar-refractivity contribution in [2.75, 3.05) is 150 Å². The zero-order valence-electron chi connectivity index (χ0n) is 64.6. The fourth-order valence-electron chi connectivity index (χ4n) is 11.1. The lowest BCUT2D eigenvalue weighted by Gasteiger charge is -2.23. The smallest absolute Gasteiger partial charge is 0.243 e. The molecule has 0 amide bonds. The monoisotopic (exact) mass is 1440 g/mol. The van der Waals surface area contributed by atoms with E-state index in [-0.39, 0.29) is 43.7 Å². The zero-order valence-corrected chi connectivity index (χ0v) is 64.6. The van der Waals surface area contributed by atoms with Gasteiger partial charge in [-0.3, -0.25) is 0 Å². The fraction of sp³-hybridized carbons (Fsp3) is 0.355. The van der Waals surface area contributed by atoms with Gasteiger partial charge in [-0.05, 0) is 92.8 Å². The molecule has 0 unspecified atom stereocenters. The van der Waals surface area contributed by atoms with Gasteiger partial charge in [0.25, 0.3) is 0 Å². The van der Waals surface area contributed by atoms with Crippen LogP contribution in [0.3, 0.4) is 0 Å². The molecule has 13 rings (SSSR count). The number of quaternary nitrogens is 2. The maximum absolute atomic E-state index is 8.89. The van der Waals surface area contributed by atoms with Crippen molar-refractivity contribution in [2.24, 2.45) is 14.1 Å². The third-order valence-corrected chi connectivity index (χ3v) is 16.4. The molecule has 0 radical (unpaired) electrons. The lowest BCUT2D eigenvalue weighted by Crippen LogP contribution is -2.35. The second-order valence-electron chi connectivity index (χ2n) is 26.8. The molecule has 572 valence electrons. The summed E-state index contributed by atoms with van der Waals surface area (Å²) in [6, 6.07) is 29.3. The number of hydrogen-bond acceptors (Lipinski definition) is 16. The Balaban J connectivity index is 0.000000275. The fourth-order valence-corrected chi connectivity index (χ4v) is 11.1. The highest BCUT2D eigenvalue weighted by atomic mass is 16.3. The lowest BCUT2D eigenvalue weighted by atomic mass is 10.2. The molecule has 16 N–H and O–H groups in total. The molecule has 0 saturated carbocycles. The number of nitrogens with two attached hydrogens (primary N) is 5. The number of aryl methyl sites for hydroxylation is 4. The number of unbranched alkanes of at least 4 members (excludes halogenated alkanes) is 3. The Morgan fingerprint density at radius 1 is 0.352 bits per heavy atom. The van der Waals surface area contributed by atoms with Crippen LogP contribution in [0.2, 0.25) is 0 Å². The van der Waals surface area contributed by atoms with E-state index in [2.05, 4.69) is 121 Å². The van der Waals surface area contributed by atoms with E-state index in [0.717, 1.165) is 155 Å². The number of rotatable bonds is 29. The highest BCUT2D eigenvalue weighted by molar-refractivity contribution is 5.83. The van der Waals surface area contributed by atoms with Gasteiger partial charge in [-0.15, -0.1) is 25.5 Å². The normalized spacial score (nSPS) is 10.9. The van der Waals surface area contributed by atoms with Crippen LogP contribution >= 0.6 is 0 Å². The van der Waals surface area contributed by atoms with Crippen molar-refractivity contribution in [2.45, 2.75) is 71.1 Å². The van der Waals surface area contributed by atoms with E-state index in [0.29, 0.717) is 23.6 Å². The Bertz CT molecular complexity index is 4590. The Labute approximate surface area is 622 Å². The van der Waals surface area contributed by atoms with Crippen molar-refractivity contribution in [3.05, 3.63) is 215 Å². The molecule has 0 aromatic carbocycles. The summed E-state index contributed by atoms with van der Waals surface area (Å²) in [6.45, 7) is 10.2. The lowest BCUT2D eigenvalue weighted by molar-refractivity contribution is -0.870. The average molecular weight is 1440 g/mol. The highest BCUT2D eigenvalue weighted by Gasteiger charge is 2.15. The molecule has 105 heavy (non-hydrogen) atoms. The van der Waals surface area contributed by atoms with Crippen molar-refractivity contribution < 1.29 is 27.8 Å². The summed E-state index contributed by atoms with van der Waals surface area (Å²) in [5.74, 6) is 3.81. The van der Waals surface area contributed by atoms with Crippen LogP contribution in [-0.4, -0.2) is 171 Å². The first-order chi connectivity index (χ1) is 48.2. The SMILES string of the molecule is C[N+](C)(C)CCCCCNc1nn2ccccc2c1N.C[N+](C)(C)CCCCNc1nn2ccccc2c1N.C[n+]1ccn(CCCNc2nn3ccccc3c2N)c1.C[n+]1ccn(CCNc2nn3ccccc3c2N)c1.Nc1c(NCCC[n+]2ccn(CCO)c2)nn2ccccc12.[CH3-].[CH3-].[CH3-].[CH3-].[CH3-]. The Kier molecular flexibility index (Phi) is 34.5. The summed E-state index contributed by atoms with van der Waals surface area (Å²) in [5, 5.41) is 47.6. The quantitative estimate of drug-likeness (QED) is 0.00906. The molecular weight excluding hydrogens is 1320 g/mol. The number of hydrogen-bond donors (Lipinski definition) is 11. The molecule has 29 heteroatoms. The third-order valence-electron chi connectivity index (χ3n) is 16.4. The number of fused-ring (bicyclic) bond motifs is 5. The summed E-state index contributed by atoms with van der Waals surface area (Å²) in [6.07, 6.45) is 35.7. The molecule has 0 aliphatic rings. The maximum Gasteiger partial charge on any atom is 0.243 e. The number of pyridine rings is 5. The minimum Gasteiger partial charge on any atom is -0.394 e. The van der Waals surface area contributed by atoms with Crippen LogP contribution in [0.5, 0.6) is 0 Å². The number of imidazole rings is 3. The van der Waals surface area contributed by atoms with Crippen molar-refractivity contribution in [3.8, 4) is 0 Å². The first-order valence-electron chi connectivity index (χ1n) is 34.3. The second-order valence-corrected chi connectivity index (χ2v) is 26.8. The molecule has 0 aliphatic heterocycles. The van der Waals surface area contributed by atoms with Gasteiger partial charge in [0.2, 0.25) is 19.0 Å². The summed E-state index contributed by atoms with van der Waals surface area (Å²) < 4.78 is 23.4. The van der Waals surface area contributed by atoms with Crippen molar-refractivity contribution in [1.29, 1.82) is 0 Å². The van der Waals surface area contributed by atoms with Gasteiger partial charge < -0.3 is 106 Å². The first-order valence-corrected chi connectivity index (χ1v) is 34.3. The first kappa shape index (κ1) is 86.4. The maximum atomic E-state index is 8.89. The van der Waals surface area contributed by atoms with Gasteiger partial charge in [0.15, 0.2) is 29.1 Å². The number of nitrogens with one attached hydrogen (secondary N) is 5. The summed E-state index contributed by atoms with van der Waals surface area (Å²) in [4.78, 5) is 0. The van der Waals surface area contributed by atoms with Crippen molar-refractivity contribution in [3.63, 3.8) is 0 Å². The molecule has 0 atom stereocenters. The van der Waals surface area contributed by atoms with E-state index in [4.69, 9.17) is 33.8 Å². The molecule has 0 saturated heterocycles. The molecule has 0 aliphatic carbocycles. The number of aliphatic hydroxyl groups is 1. The number of nitrogens with zero attached hydrogens (tertiary/aromatic N) is 18. The summed E-state index contributed by atoms with van der Waals surface area (Å²) >= 11 is 0. The minimum atomic E-state index is 0. The predicted molar refractivity (Wildman–Crippen MR) is 434 cm³/mol. The minimum absolute atomic E-state index is 0. The van der Waals surface area contributed by atoms with Crippen LogP contribution in [0, 0.1) is 37.1 Å². The van der Waals surface area contributed by atoms with Gasteiger partial charge in [0, 0.05) is 70.0 Å². The topological polar surface area (TPSA) is 323 Å². The number of anilines is 10. The van der Waals surface area contributed by atoms with Gasteiger partial charge in [-0.25, -0.2) is 50.0 Å². The van der Waals surface area contributed by atoms with Crippen LogP contribution in [0.4, 0.5) is 57.5 Å². The molecule has 29 nitrogen and oxygen atoms in total. The van der Waals surface area contributed by atoms with Gasteiger partial charge in [0.05, 0.1) is 123 Å². The van der Waals surface area contributed by atoms with E-state index in [9.17, 15) is 0 Å². The standard InChI is InChI=1S/C15H21N6O.C15H26N5.C14H19N6.C14H24N5.C13H17N6.5CH3/c16-14-13-4-1-2-7-21(13)18-15(14)17-5-3-6-19-8-9-20(12-19)10-11-22;1-20(2,3)12-8-4-6-10-17-15-14(16)13-9-5-7-11-19(13)18-15;1-18-9-10-19(11-18)7-4-6-16-14-13(15)12-5-2-3-8-20(12)17-14;1-19(2,3)11-7-5-9-16-14-13(15)12-8-4-6-10-18(12)17-14;1-17-8-9-18(10-17)7-5-15-13-12(14)11-4-2-3-6-19(11)16-13;;;;;/h1-2,4,7-9,12,22H,3,5-6,10-11,16H2,(H,17,18);5,7,9,11H,4,6,8,10,12,16H2,1-3H3,(H,17,18);2-3,5,8-11H,4,6-7,15H2,1H3,(H,16,17);4,6,8,10H,5,7,9,11,15H2,1-3H3,(H,16,17);2-4,6,8-10H,5,7,14H2,1H3,(H,15,16);5*1H3/q5*+1;5*-1. The molecule has 0 spiro atoms. The number of aromatic nitrogens is 16. The van der Waals surface area contributed by atoms with Gasteiger partial charge in [-0.1, -0.05) is 30.3 Å². The van der Waals surface area contributed by atoms with Crippen LogP contribution in [0.25, 0.3) is 27.6 Å². The van der Waals surface area contributed by atoms with E-state index in [1.54, 1.807) is 13.5 Å². The van der Waals surface area contributed by atoms with Crippen LogP contribution in [0.15, 0.2) is 178 Å². The molecule has 13 aromatic rings. The summed E-state index contributed by atoms with van der Waals surface area (Å²) in [5.41, 5.74) is 38.6. The predicted octanol–water partition coefficient (Wildman–Crippen LogP) is 8.47. The van der Waals surface area contributed by atoms with E-state index in [1.165, 1.54) is 32.4 Å².